The molecule has 0 unspecified atom stereocenters. The van der Waals surface area contributed by atoms with E-state index in [4.69, 9.17) is 4.52 Å². The molecule has 118 valence electrons. The van der Waals surface area contributed by atoms with Gasteiger partial charge in [-0.05, 0) is 26.3 Å². The summed E-state index contributed by atoms with van der Waals surface area (Å²) in [6.07, 6.45) is 0. The van der Waals surface area contributed by atoms with Crippen molar-refractivity contribution < 1.29 is 4.52 Å². The van der Waals surface area contributed by atoms with Crippen molar-refractivity contribution in [3.8, 4) is 0 Å². The lowest BCUT2D eigenvalue weighted by molar-refractivity contribution is 0.391. The number of thiophene rings is 1. The van der Waals surface area contributed by atoms with Crippen molar-refractivity contribution in [2.75, 3.05) is 5.32 Å². The normalized spacial score (nSPS) is 11.7. The Balaban J connectivity index is 1.80. The molecule has 1 N–H and O–H groups in total. The summed E-state index contributed by atoms with van der Waals surface area (Å²) in [5, 5.41) is 21.6. The van der Waals surface area contributed by atoms with Crippen LogP contribution in [0.3, 0.4) is 0 Å². The largest absolute Gasteiger partial charge is 0.362 e. The fraction of sp³-hybridized carbons (Fsp3) is 0.333. The average molecular weight is 328 g/mol. The van der Waals surface area contributed by atoms with Crippen LogP contribution in [0.25, 0.3) is 20.4 Å². The molecule has 4 rings (SSSR count). The Morgan fingerprint density at radius 2 is 2.09 bits per heavy atom. The third-order valence-corrected chi connectivity index (χ3v) is 5.05. The Bertz CT molecular complexity index is 1030. The van der Waals surface area contributed by atoms with Crippen molar-refractivity contribution in [3.05, 3.63) is 28.8 Å². The molecule has 0 radical (unpaired) electrons. The molecule has 23 heavy (non-hydrogen) atoms. The predicted octanol–water partition coefficient (Wildman–Crippen LogP) is 3.10. The minimum Gasteiger partial charge on any atom is -0.362 e. The molecule has 7 nitrogen and oxygen atoms in total. The third kappa shape index (κ3) is 2.17. The van der Waals surface area contributed by atoms with Gasteiger partial charge in [-0.2, -0.15) is 10.2 Å². The highest BCUT2D eigenvalue weighted by molar-refractivity contribution is 7.26. The number of nitrogens with one attached hydrogen (secondary N) is 1. The fourth-order valence-corrected chi connectivity index (χ4v) is 3.87. The second-order valence-corrected chi connectivity index (χ2v) is 6.62. The van der Waals surface area contributed by atoms with Crippen LogP contribution in [0.4, 0.5) is 5.82 Å². The fourth-order valence-electron chi connectivity index (χ4n) is 2.70. The van der Waals surface area contributed by atoms with E-state index in [9.17, 15) is 0 Å². The second-order valence-electron chi connectivity index (χ2n) is 5.63. The van der Waals surface area contributed by atoms with Crippen molar-refractivity contribution in [1.29, 1.82) is 0 Å². The lowest BCUT2D eigenvalue weighted by atomic mass is 10.1. The number of hydrogen-bond donors (Lipinski definition) is 1. The quantitative estimate of drug-likeness (QED) is 0.622. The van der Waals surface area contributed by atoms with E-state index in [0.29, 0.717) is 6.54 Å². The van der Waals surface area contributed by atoms with Crippen LogP contribution in [0, 0.1) is 20.8 Å². The Labute approximate surface area is 136 Å². The monoisotopic (exact) mass is 328 g/mol. The standard InChI is InChI=1S/C15H16N6OS/c1-7-5-10(20-22-7)6-16-14-13-12(21(4)19-14)11-8(2)9(3)17-18-15(11)23-13/h5H,6H2,1-4H3,(H,16,19). The van der Waals surface area contributed by atoms with Crippen molar-refractivity contribution in [1.82, 2.24) is 25.1 Å². The van der Waals surface area contributed by atoms with Crippen LogP contribution in [-0.2, 0) is 13.6 Å². The first-order valence-electron chi connectivity index (χ1n) is 7.29. The van der Waals surface area contributed by atoms with E-state index in [2.05, 4.69) is 32.7 Å². The van der Waals surface area contributed by atoms with Crippen molar-refractivity contribution in [2.24, 2.45) is 7.05 Å². The number of anilines is 1. The number of rotatable bonds is 3. The molecule has 0 saturated carbocycles. The summed E-state index contributed by atoms with van der Waals surface area (Å²) >= 11 is 1.61. The summed E-state index contributed by atoms with van der Waals surface area (Å²) in [5.74, 6) is 1.64. The van der Waals surface area contributed by atoms with Crippen molar-refractivity contribution >= 4 is 37.6 Å². The van der Waals surface area contributed by atoms with Crippen molar-refractivity contribution in [3.63, 3.8) is 0 Å². The molecule has 0 spiro atoms. The summed E-state index contributed by atoms with van der Waals surface area (Å²) in [7, 11) is 1.95. The van der Waals surface area contributed by atoms with Gasteiger partial charge in [0.1, 0.15) is 16.3 Å². The highest BCUT2D eigenvalue weighted by atomic mass is 32.1. The Morgan fingerprint density at radius 3 is 2.83 bits per heavy atom. The van der Waals surface area contributed by atoms with Gasteiger partial charge in [-0.15, -0.1) is 16.4 Å². The van der Waals surface area contributed by atoms with Crippen LogP contribution >= 0.6 is 11.3 Å². The van der Waals surface area contributed by atoms with E-state index in [1.54, 1.807) is 11.3 Å². The van der Waals surface area contributed by atoms with E-state index in [1.165, 1.54) is 0 Å². The van der Waals surface area contributed by atoms with Gasteiger partial charge >= 0.3 is 0 Å². The minimum absolute atomic E-state index is 0.571. The van der Waals surface area contributed by atoms with Crippen LogP contribution in [-0.4, -0.2) is 25.1 Å². The van der Waals surface area contributed by atoms with E-state index in [-0.39, 0.29) is 0 Å². The summed E-state index contributed by atoms with van der Waals surface area (Å²) in [6, 6.07) is 1.91. The summed E-state index contributed by atoms with van der Waals surface area (Å²) in [6.45, 7) is 6.51. The molecule has 0 aliphatic carbocycles. The van der Waals surface area contributed by atoms with E-state index in [1.807, 2.05) is 31.6 Å². The third-order valence-electron chi connectivity index (χ3n) is 3.98. The van der Waals surface area contributed by atoms with Gasteiger partial charge < -0.3 is 9.84 Å². The first-order valence-corrected chi connectivity index (χ1v) is 8.11. The summed E-state index contributed by atoms with van der Waals surface area (Å²) in [5.41, 5.74) is 4.06. The lowest BCUT2D eigenvalue weighted by Crippen LogP contribution is -2.01. The molecule has 4 heterocycles. The lowest BCUT2D eigenvalue weighted by Gasteiger charge is -2.00. The number of fused-ring (bicyclic) bond motifs is 3. The maximum absolute atomic E-state index is 5.09. The SMILES string of the molecule is Cc1cc(CNc2nn(C)c3c2sc2nnc(C)c(C)c23)no1. The number of aryl methyl sites for hydroxylation is 4. The van der Waals surface area contributed by atoms with E-state index in [0.717, 1.165) is 49.0 Å². The zero-order valence-electron chi connectivity index (χ0n) is 13.3. The maximum atomic E-state index is 5.09. The molecule has 0 aliphatic rings. The van der Waals surface area contributed by atoms with Gasteiger partial charge in [-0.1, -0.05) is 5.16 Å². The van der Waals surface area contributed by atoms with Crippen LogP contribution in [0.1, 0.15) is 22.7 Å². The van der Waals surface area contributed by atoms with Gasteiger partial charge in [0.15, 0.2) is 5.82 Å². The minimum atomic E-state index is 0.571. The molecule has 0 aliphatic heterocycles. The molecule has 0 aromatic carbocycles. The topological polar surface area (TPSA) is 81.7 Å². The molecule has 4 aromatic rings. The molecule has 0 fully saturated rings. The van der Waals surface area contributed by atoms with Gasteiger partial charge in [0.2, 0.25) is 0 Å². The highest BCUT2D eigenvalue weighted by Crippen LogP contribution is 2.38. The van der Waals surface area contributed by atoms with Gasteiger partial charge in [-0.25, -0.2) is 0 Å². The molecule has 4 aromatic heterocycles. The molecular weight excluding hydrogens is 312 g/mol. The van der Waals surface area contributed by atoms with E-state index >= 15 is 0 Å². The number of hydrogen-bond acceptors (Lipinski definition) is 7. The highest BCUT2D eigenvalue weighted by Gasteiger charge is 2.19. The smallest absolute Gasteiger partial charge is 0.166 e. The first-order chi connectivity index (χ1) is 11.0. The van der Waals surface area contributed by atoms with Gasteiger partial charge in [0, 0.05) is 18.5 Å². The van der Waals surface area contributed by atoms with Gasteiger partial charge in [0.25, 0.3) is 0 Å². The first kappa shape index (κ1) is 14.1. The van der Waals surface area contributed by atoms with Crippen LogP contribution < -0.4 is 5.32 Å². The van der Waals surface area contributed by atoms with Crippen LogP contribution in [0.5, 0.6) is 0 Å². The Hall–Kier alpha value is -2.48. The van der Waals surface area contributed by atoms with E-state index < -0.39 is 0 Å². The zero-order chi connectivity index (χ0) is 16.1. The molecule has 0 bridgehead atoms. The van der Waals surface area contributed by atoms with Crippen LogP contribution in [0.15, 0.2) is 10.6 Å². The molecule has 0 saturated heterocycles. The predicted molar refractivity (Wildman–Crippen MR) is 89.7 cm³/mol. The van der Waals surface area contributed by atoms with Crippen molar-refractivity contribution in [2.45, 2.75) is 27.3 Å². The second kappa shape index (κ2) is 5.02. The molecular formula is C15H16N6OS. The van der Waals surface area contributed by atoms with Crippen LogP contribution in [0.2, 0.25) is 0 Å². The zero-order valence-corrected chi connectivity index (χ0v) is 14.2. The summed E-state index contributed by atoms with van der Waals surface area (Å²) in [4.78, 5) is 0.941. The van der Waals surface area contributed by atoms with Gasteiger partial charge in [-0.3, -0.25) is 4.68 Å². The molecule has 8 heteroatoms. The number of aromatic nitrogens is 5. The molecule has 0 atom stereocenters. The maximum Gasteiger partial charge on any atom is 0.166 e. The summed E-state index contributed by atoms with van der Waals surface area (Å²) < 4.78 is 8.08. The average Bonchev–Trinajstić information content (AvgIpc) is 3.17. The Kier molecular flexibility index (Phi) is 3.08. The Morgan fingerprint density at radius 1 is 1.26 bits per heavy atom. The molecule has 0 amide bonds. The number of nitrogens with zero attached hydrogens (tertiary/aromatic N) is 5. The van der Waals surface area contributed by atoms with Gasteiger partial charge in [0.05, 0.1) is 22.5 Å².